The van der Waals surface area contributed by atoms with Crippen LogP contribution in [0.15, 0.2) is 0 Å². The van der Waals surface area contributed by atoms with Crippen molar-refractivity contribution in [3.63, 3.8) is 0 Å². The molecule has 0 aliphatic carbocycles. The minimum Gasteiger partial charge on any atom is -0.394 e. The van der Waals surface area contributed by atoms with Crippen LogP contribution in [0.1, 0.15) is 12.8 Å². The Morgan fingerprint density at radius 1 is 0.950 bits per heavy atom. The first kappa shape index (κ1) is 17.0. The molecule has 8 heteroatoms. The number of hydrogen-bond donors (Lipinski definition) is 2. The van der Waals surface area contributed by atoms with Crippen LogP contribution in [-0.4, -0.2) is 79.4 Å². The van der Waals surface area contributed by atoms with Gasteiger partial charge in [0, 0.05) is 12.8 Å². The fraction of sp³-hybridized carbons (Fsp3) is 0.833. The second kappa shape index (κ2) is 9.78. The Labute approximate surface area is 117 Å². The number of likely N-dealkylation sites (tertiary alicyclic amines) is 1. The number of rotatable bonds is 11. The van der Waals surface area contributed by atoms with E-state index in [1.54, 1.807) is 0 Å². The second-order valence-electron chi connectivity index (χ2n) is 4.16. The quantitative estimate of drug-likeness (QED) is 0.352. The van der Waals surface area contributed by atoms with Crippen LogP contribution in [0, 0.1) is 0 Å². The molecule has 1 rings (SSSR count). The molecule has 0 radical (unpaired) electrons. The van der Waals surface area contributed by atoms with Gasteiger partial charge < -0.3 is 24.4 Å². The molecule has 116 valence electrons. The molecular formula is C12H21NO7. The lowest BCUT2D eigenvalue weighted by Crippen LogP contribution is -2.42. The van der Waals surface area contributed by atoms with Crippen molar-refractivity contribution in [1.82, 2.24) is 4.90 Å². The first-order valence-electron chi connectivity index (χ1n) is 6.54. The molecule has 0 aromatic carbocycles. The fourth-order valence-electron chi connectivity index (χ4n) is 1.69. The van der Waals surface area contributed by atoms with Crippen LogP contribution in [0.3, 0.4) is 0 Å². The summed E-state index contributed by atoms with van der Waals surface area (Å²) in [7, 11) is 0. The smallest absolute Gasteiger partial charge is 0.231 e. The molecule has 0 aromatic rings. The molecule has 0 saturated carbocycles. The Morgan fingerprint density at radius 3 is 2.00 bits per heavy atom. The van der Waals surface area contributed by atoms with Crippen molar-refractivity contribution in [2.75, 3.05) is 46.2 Å². The lowest BCUT2D eigenvalue weighted by molar-refractivity contribution is -0.153. The summed E-state index contributed by atoms with van der Waals surface area (Å²) in [6, 6.07) is 0. The van der Waals surface area contributed by atoms with Gasteiger partial charge in [-0.1, -0.05) is 0 Å². The molecule has 1 heterocycles. The summed E-state index contributed by atoms with van der Waals surface area (Å²) < 4.78 is 15.3. The summed E-state index contributed by atoms with van der Waals surface area (Å²) in [5, 5.41) is 18.1. The third-order valence-electron chi connectivity index (χ3n) is 2.63. The van der Waals surface area contributed by atoms with Gasteiger partial charge in [0.2, 0.25) is 11.8 Å². The summed E-state index contributed by atoms with van der Waals surface area (Å²) >= 11 is 0. The molecule has 1 unspecified atom stereocenters. The number of imide groups is 1. The van der Waals surface area contributed by atoms with Gasteiger partial charge in [0.15, 0.2) is 6.23 Å². The van der Waals surface area contributed by atoms with E-state index in [-0.39, 0.29) is 51.1 Å². The predicted molar refractivity (Wildman–Crippen MR) is 66.6 cm³/mol. The maximum Gasteiger partial charge on any atom is 0.231 e. The molecule has 1 aliphatic heterocycles. The van der Waals surface area contributed by atoms with Gasteiger partial charge in [-0.15, -0.1) is 0 Å². The molecule has 8 nitrogen and oxygen atoms in total. The number of carbonyl (C=O) groups is 2. The van der Waals surface area contributed by atoms with Crippen LogP contribution in [0.25, 0.3) is 0 Å². The van der Waals surface area contributed by atoms with Crippen LogP contribution in [0.4, 0.5) is 0 Å². The Morgan fingerprint density at radius 2 is 1.45 bits per heavy atom. The van der Waals surface area contributed by atoms with Crippen LogP contribution < -0.4 is 0 Å². The normalized spacial score (nSPS) is 17.0. The zero-order valence-electron chi connectivity index (χ0n) is 11.3. The number of aliphatic hydroxyl groups is 2. The largest absolute Gasteiger partial charge is 0.394 e. The minimum atomic E-state index is -1.23. The SMILES string of the molecule is O=C1CCC(=O)N1C(O)COCCOCCOCCO. The van der Waals surface area contributed by atoms with Crippen LogP contribution in [0.5, 0.6) is 0 Å². The summed E-state index contributed by atoms with van der Waals surface area (Å²) in [4.78, 5) is 23.5. The number of hydrogen-bond acceptors (Lipinski definition) is 7. The Kier molecular flexibility index (Phi) is 8.31. The summed E-state index contributed by atoms with van der Waals surface area (Å²) in [6.07, 6.45) is -0.940. The first-order chi connectivity index (χ1) is 9.66. The standard InChI is InChI=1S/C12H21NO7/c14-3-4-18-5-6-19-7-8-20-9-12(17)13-10(15)1-2-11(13)16/h12,14,17H,1-9H2. The Balaban J connectivity index is 1.98. The number of carbonyl (C=O) groups excluding carboxylic acids is 2. The number of nitrogens with zero attached hydrogens (tertiary/aromatic N) is 1. The maximum absolute atomic E-state index is 11.3. The fourth-order valence-corrected chi connectivity index (χ4v) is 1.69. The van der Waals surface area contributed by atoms with Gasteiger partial charge >= 0.3 is 0 Å². The molecule has 1 saturated heterocycles. The lowest BCUT2D eigenvalue weighted by Gasteiger charge is -2.20. The zero-order chi connectivity index (χ0) is 14.8. The summed E-state index contributed by atoms with van der Waals surface area (Å²) in [5.41, 5.74) is 0. The molecule has 20 heavy (non-hydrogen) atoms. The molecule has 0 spiro atoms. The van der Waals surface area contributed by atoms with Crippen molar-refractivity contribution >= 4 is 11.8 Å². The Bertz CT molecular complexity index is 294. The van der Waals surface area contributed by atoms with E-state index >= 15 is 0 Å². The van der Waals surface area contributed by atoms with Crippen molar-refractivity contribution in [3.05, 3.63) is 0 Å². The van der Waals surface area contributed by atoms with Crippen LogP contribution in [-0.2, 0) is 23.8 Å². The predicted octanol–water partition coefficient (Wildman–Crippen LogP) is -1.50. The van der Waals surface area contributed by atoms with E-state index < -0.39 is 6.23 Å². The third kappa shape index (κ3) is 5.93. The lowest BCUT2D eigenvalue weighted by atomic mass is 10.4. The molecule has 0 bridgehead atoms. The van der Waals surface area contributed by atoms with Gasteiger partial charge in [0.05, 0.1) is 46.2 Å². The van der Waals surface area contributed by atoms with Crippen LogP contribution >= 0.6 is 0 Å². The van der Waals surface area contributed by atoms with Crippen molar-refractivity contribution < 1.29 is 34.0 Å². The highest BCUT2D eigenvalue weighted by Crippen LogP contribution is 2.14. The highest BCUT2D eigenvalue weighted by atomic mass is 16.5. The van der Waals surface area contributed by atoms with E-state index in [2.05, 4.69) is 0 Å². The maximum atomic E-state index is 11.3. The van der Waals surface area contributed by atoms with Crippen molar-refractivity contribution in [2.24, 2.45) is 0 Å². The Hall–Kier alpha value is -1.06. The van der Waals surface area contributed by atoms with E-state index in [4.69, 9.17) is 19.3 Å². The molecule has 2 N–H and O–H groups in total. The minimum absolute atomic E-state index is 0.0189. The number of aliphatic hydroxyl groups excluding tert-OH is 2. The molecule has 1 aliphatic rings. The monoisotopic (exact) mass is 291 g/mol. The first-order valence-corrected chi connectivity index (χ1v) is 6.54. The average Bonchev–Trinajstić information content (AvgIpc) is 2.76. The average molecular weight is 291 g/mol. The van der Waals surface area contributed by atoms with Crippen molar-refractivity contribution in [2.45, 2.75) is 19.1 Å². The van der Waals surface area contributed by atoms with E-state index in [1.165, 1.54) is 0 Å². The van der Waals surface area contributed by atoms with E-state index in [0.29, 0.717) is 19.8 Å². The van der Waals surface area contributed by atoms with Gasteiger partial charge in [-0.2, -0.15) is 0 Å². The van der Waals surface area contributed by atoms with Crippen molar-refractivity contribution in [3.8, 4) is 0 Å². The molecular weight excluding hydrogens is 270 g/mol. The van der Waals surface area contributed by atoms with E-state index in [9.17, 15) is 14.7 Å². The van der Waals surface area contributed by atoms with Crippen molar-refractivity contribution in [1.29, 1.82) is 0 Å². The number of amides is 2. The molecule has 2 amide bonds. The van der Waals surface area contributed by atoms with Gasteiger partial charge in [-0.3, -0.25) is 14.5 Å². The van der Waals surface area contributed by atoms with E-state index in [1.807, 2.05) is 0 Å². The van der Waals surface area contributed by atoms with E-state index in [0.717, 1.165) is 4.90 Å². The van der Waals surface area contributed by atoms with Gasteiger partial charge in [-0.05, 0) is 0 Å². The number of ether oxygens (including phenoxy) is 3. The highest BCUT2D eigenvalue weighted by molar-refractivity contribution is 6.02. The summed E-state index contributed by atoms with van der Waals surface area (Å²) in [5.74, 6) is -0.744. The molecule has 0 aromatic heterocycles. The highest BCUT2D eigenvalue weighted by Gasteiger charge is 2.33. The zero-order valence-corrected chi connectivity index (χ0v) is 11.3. The molecule has 1 atom stereocenters. The van der Waals surface area contributed by atoms with Crippen LogP contribution in [0.2, 0.25) is 0 Å². The third-order valence-corrected chi connectivity index (χ3v) is 2.63. The second-order valence-corrected chi connectivity index (χ2v) is 4.16. The van der Waals surface area contributed by atoms with Gasteiger partial charge in [0.25, 0.3) is 0 Å². The molecule has 1 fully saturated rings. The topological polar surface area (TPSA) is 106 Å². The summed E-state index contributed by atoms with van der Waals surface area (Å²) in [6.45, 7) is 1.47. The van der Waals surface area contributed by atoms with Gasteiger partial charge in [0.1, 0.15) is 0 Å². The van der Waals surface area contributed by atoms with Gasteiger partial charge in [-0.25, -0.2) is 0 Å².